The van der Waals surface area contributed by atoms with Gasteiger partial charge in [-0.2, -0.15) is 0 Å². The summed E-state index contributed by atoms with van der Waals surface area (Å²) in [6.45, 7) is 8.62. The van der Waals surface area contributed by atoms with Crippen molar-refractivity contribution >= 4 is 27.9 Å². The van der Waals surface area contributed by atoms with Crippen molar-refractivity contribution in [1.29, 1.82) is 0 Å². The molecular formula is C26H44O2Sn. The normalized spacial score (nSPS) is 19.9. The maximum atomic E-state index is 11.3. The van der Waals surface area contributed by atoms with Gasteiger partial charge in [-0.05, 0) is 0 Å². The first-order chi connectivity index (χ1) is 14.1. The molecule has 0 heterocycles. The number of unbranched alkanes of at least 4 members (excludes halogenated alkanes) is 3. The number of esters is 1. The molecule has 0 aromatic heterocycles. The molecule has 1 aromatic carbocycles. The Hall–Kier alpha value is -0.511. The fourth-order valence-corrected chi connectivity index (χ4v) is 22.5. The number of ether oxygens (including phenoxy) is 1. The molecule has 164 valence electrons. The van der Waals surface area contributed by atoms with E-state index in [2.05, 4.69) is 45.0 Å². The predicted octanol–water partition coefficient (Wildman–Crippen LogP) is 7.33. The number of carbonyl (C=O) groups excluding carboxylic acids is 1. The topological polar surface area (TPSA) is 26.3 Å². The van der Waals surface area contributed by atoms with Crippen LogP contribution in [0.5, 0.6) is 0 Å². The molecule has 0 saturated heterocycles. The number of hydrogen-bond donors (Lipinski definition) is 0. The first kappa shape index (κ1) is 24.8. The summed E-state index contributed by atoms with van der Waals surface area (Å²) < 4.78 is 12.0. The fraction of sp³-hybridized carbons (Fsp3) is 0.731. The molecule has 0 N–H and O–H groups in total. The molecule has 0 amide bonds. The number of rotatable bonds is 12. The predicted molar refractivity (Wildman–Crippen MR) is 128 cm³/mol. The van der Waals surface area contributed by atoms with Gasteiger partial charge in [0, 0.05) is 0 Å². The van der Waals surface area contributed by atoms with Gasteiger partial charge in [0.1, 0.15) is 0 Å². The van der Waals surface area contributed by atoms with E-state index in [0.29, 0.717) is 5.92 Å². The van der Waals surface area contributed by atoms with Crippen LogP contribution in [-0.2, 0) is 9.53 Å². The Balaban J connectivity index is 2.30. The third-order valence-corrected chi connectivity index (χ3v) is 22.8. The third kappa shape index (κ3) is 7.29. The summed E-state index contributed by atoms with van der Waals surface area (Å²) in [5, 5.41) is 0. The van der Waals surface area contributed by atoms with Gasteiger partial charge in [0.2, 0.25) is 0 Å². The van der Waals surface area contributed by atoms with Crippen LogP contribution in [0.15, 0.2) is 24.3 Å². The van der Waals surface area contributed by atoms with Crippen molar-refractivity contribution in [3.63, 3.8) is 0 Å². The SMILES string of the molecule is CCC[CH2][Sn]([CH2]CCC)([CH2]CCC)[c]1ccccc1[C@H]1CC[C@H](OC(C)=O)CC1. The van der Waals surface area contributed by atoms with Gasteiger partial charge in [-0.15, -0.1) is 0 Å². The van der Waals surface area contributed by atoms with E-state index >= 15 is 0 Å². The van der Waals surface area contributed by atoms with Crippen molar-refractivity contribution in [2.75, 3.05) is 0 Å². The zero-order chi connectivity index (χ0) is 21.1. The minimum atomic E-state index is -2.43. The van der Waals surface area contributed by atoms with E-state index in [1.54, 1.807) is 12.5 Å². The molecule has 0 atom stereocenters. The van der Waals surface area contributed by atoms with Crippen molar-refractivity contribution in [3.05, 3.63) is 29.8 Å². The van der Waals surface area contributed by atoms with Crippen LogP contribution >= 0.6 is 0 Å². The zero-order valence-electron chi connectivity index (χ0n) is 19.5. The average molecular weight is 507 g/mol. The summed E-state index contributed by atoms with van der Waals surface area (Å²) in [7, 11) is 0. The molecule has 0 unspecified atom stereocenters. The van der Waals surface area contributed by atoms with Crippen molar-refractivity contribution in [3.8, 4) is 0 Å². The summed E-state index contributed by atoms with van der Waals surface area (Å²) in [4.78, 5) is 11.3. The van der Waals surface area contributed by atoms with Crippen molar-refractivity contribution < 1.29 is 9.53 Å². The van der Waals surface area contributed by atoms with Gasteiger partial charge in [0.15, 0.2) is 0 Å². The van der Waals surface area contributed by atoms with Crippen molar-refractivity contribution in [1.82, 2.24) is 0 Å². The van der Waals surface area contributed by atoms with Crippen LogP contribution in [0.25, 0.3) is 0 Å². The Bertz CT molecular complexity index is 583. The number of benzene rings is 1. The fourth-order valence-electron chi connectivity index (χ4n) is 5.39. The van der Waals surface area contributed by atoms with Crippen LogP contribution in [0.2, 0.25) is 13.3 Å². The number of carbonyl (C=O) groups is 1. The first-order valence-corrected chi connectivity index (χ1v) is 19.8. The summed E-state index contributed by atoms with van der Waals surface area (Å²) in [5.41, 5.74) is 1.69. The molecule has 29 heavy (non-hydrogen) atoms. The van der Waals surface area contributed by atoms with Crippen LogP contribution in [-0.4, -0.2) is 30.5 Å². The minimum absolute atomic E-state index is 0.122. The molecular weight excluding hydrogens is 463 g/mol. The molecule has 1 fully saturated rings. The Labute approximate surface area is 184 Å². The Morgan fingerprint density at radius 2 is 1.41 bits per heavy atom. The molecule has 3 heteroatoms. The molecule has 1 aliphatic rings. The molecule has 1 saturated carbocycles. The van der Waals surface area contributed by atoms with Crippen LogP contribution in [0.4, 0.5) is 0 Å². The summed E-state index contributed by atoms with van der Waals surface area (Å²) in [5.74, 6) is 0.543. The summed E-state index contributed by atoms with van der Waals surface area (Å²) >= 11 is -2.43. The Morgan fingerprint density at radius 1 is 0.897 bits per heavy atom. The van der Waals surface area contributed by atoms with E-state index in [9.17, 15) is 4.79 Å². The molecule has 0 spiro atoms. The van der Waals surface area contributed by atoms with Gasteiger partial charge in [-0.1, -0.05) is 0 Å². The van der Waals surface area contributed by atoms with Crippen LogP contribution in [0, 0.1) is 0 Å². The molecule has 1 aliphatic carbocycles. The first-order valence-electron chi connectivity index (χ1n) is 12.3. The third-order valence-electron chi connectivity index (χ3n) is 7.01. The summed E-state index contributed by atoms with van der Waals surface area (Å²) in [6, 6.07) is 9.60. The van der Waals surface area contributed by atoms with Crippen LogP contribution in [0.3, 0.4) is 0 Å². The molecule has 0 radical (unpaired) electrons. The van der Waals surface area contributed by atoms with E-state index in [1.165, 1.54) is 64.7 Å². The second kappa shape index (κ2) is 13.0. The van der Waals surface area contributed by atoms with E-state index in [0.717, 1.165) is 12.8 Å². The van der Waals surface area contributed by atoms with Gasteiger partial charge in [0.05, 0.1) is 0 Å². The van der Waals surface area contributed by atoms with Crippen LogP contribution in [0.1, 0.15) is 103 Å². The van der Waals surface area contributed by atoms with Gasteiger partial charge in [-0.25, -0.2) is 0 Å². The van der Waals surface area contributed by atoms with Gasteiger partial charge in [0.25, 0.3) is 0 Å². The van der Waals surface area contributed by atoms with Gasteiger partial charge < -0.3 is 0 Å². The second-order valence-electron chi connectivity index (χ2n) is 9.26. The molecule has 0 bridgehead atoms. The Kier molecular flexibility index (Phi) is 11.1. The van der Waals surface area contributed by atoms with Gasteiger partial charge >= 0.3 is 185 Å². The zero-order valence-corrected chi connectivity index (χ0v) is 22.3. The van der Waals surface area contributed by atoms with Crippen molar-refractivity contribution in [2.24, 2.45) is 0 Å². The molecule has 2 rings (SSSR count). The van der Waals surface area contributed by atoms with Gasteiger partial charge in [-0.3, -0.25) is 0 Å². The second-order valence-corrected chi connectivity index (χ2v) is 22.4. The standard InChI is InChI=1S/C14H17O2.3C4H9.Sn/c1-11(15)16-14-9-7-13(8-10-14)12-5-3-2-4-6-12;3*1-3-4-2;/h2-5,13-14H,7-10H2,1H3;3*1,3-4H2,2H3;/t13-,14-;;;;. The molecule has 0 aliphatic heterocycles. The number of hydrogen-bond acceptors (Lipinski definition) is 2. The average Bonchev–Trinajstić information content (AvgIpc) is 2.74. The van der Waals surface area contributed by atoms with E-state index in [1.807, 2.05) is 3.58 Å². The summed E-state index contributed by atoms with van der Waals surface area (Å²) in [6.07, 6.45) is 12.8. The monoisotopic (exact) mass is 508 g/mol. The van der Waals surface area contributed by atoms with Crippen LogP contribution < -0.4 is 3.58 Å². The van der Waals surface area contributed by atoms with E-state index in [4.69, 9.17) is 4.74 Å². The van der Waals surface area contributed by atoms with E-state index < -0.39 is 18.4 Å². The molecule has 1 aromatic rings. The quantitative estimate of drug-likeness (QED) is 0.219. The Morgan fingerprint density at radius 3 is 1.90 bits per heavy atom. The van der Waals surface area contributed by atoms with E-state index in [-0.39, 0.29) is 12.1 Å². The van der Waals surface area contributed by atoms with Crippen molar-refractivity contribution in [2.45, 2.75) is 117 Å². The maximum absolute atomic E-state index is 11.3. The molecule has 2 nitrogen and oxygen atoms in total.